The van der Waals surface area contributed by atoms with Crippen molar-refractivity contribution in [1.29, 1.82) is 0 Å². The molecule has 34 heavy (non-hydrogen) atoms. The number of carbonyl (C=O) groups excluding carboxylic acids is 1. The Labute approximate surface area is 212 Å². The number of hydrogen-bond donors (Lipinski definition) is 1. The minimum absolute atomic E-state index is 0.0608. The Morgan fingerprint density at radius 3 is 2.74 bits per heavy atom. The lowest BCUT2D eigenvalue weighted by Crippen LogP contribution is -2.28. The molecule has 0 radical (unpaired) electrons. The molecule has 1 aromatic heterocycles. The molecular weight excluding hydrogens is 541 g/mol. The number of nitrogens with one attached hydrogen (secondary N) is 1. The van der Waals surface area contributed by atoms with E-state index in [1.54, 1.807) is 12.1 Å². The summed E-state index contributed by atoms with van der Waals surface area (Å²) in [5.74, 6) is -0.418. The molecule has 1 fully saturated rings. The SMILES string of the molecule is C[Si](C)(C)CCOCn1nnnc1-c1cc(NC(=O)C2(c3cccc(Cl)c3)CC2)c(F)cc1Br. The number of rotatable bonds is 9. The Balaban J connectivity index is 1.54. The van der Waals surface area contributed by atoms with Crippen LogP contribution in [0.15, 0.2) is 40.9 Å². The molecular formula is C23H26BrClFN5O2Si. The highest BCUT2D eigenvalue weighted by atomic mass is 79.9. The van der Waals surface area contributed by atoms with Gasteiger partial charge in [-0.05, 0) is 75.1 Å². The predicted octanol–water partition coefficient (Wildman–Crippen LogP) is 5.88. The van der Waals surface area contributed by atoms with Crippen LogP contribution < -0.4 is 5.32 Å². The molecule has 180 valence electrons. The van der Waals surface area contributed by atoms with Gasteiger partial charge in [-0.15, -0.1) is 5.10 Å². The number of hydrogen-bond acceptors (Lipinski definition) is 5. The highest BCUT2D eigenvalue weighted by Gasteiger charge is 2.51. The molecule has 2 aromatic carbocycles. The fourth-order valence-corrected chi connectivity index (χ4v) is 5.07. The number of aromatic nitrogens is 4. The van der Waals surface area contributed by atoms with Crippen LogP contribution in [0.2, 0.25) is 30.7 Å². The van der Waals surface area contributed by atoms with Gasteiger partial charge in [-0.3, -0.25) is 4.79 Å². The van der Waals surface area contributed by atoms with Crippen LogP contribution in [0.3, 0.4) is 0 Å². The van der Waals surface area contributed by atoms with Crippen LogP contribution in [-0.2, 0) is 21.7 Å². The first-order valence-corrected chi connectivity index (χ1v) is 15.9. The molecule has 11 heteroatoms. The van der Waals surface area contributed by atoms with Crippen molar-refractivity contribution in [2.75, 3.05) is 11.9 Å². The molecule has 0 saturated heterocycles. The first kappa shape index (κ1) is 25.0. The van der Waals surface area contributed by atoms with Crippen LogP contribution in [0.1, 0.15) is 18.4 Å². The summed E-state index contributed by atoms with van der Waals surface area (Å²) < 4.78 is 22.6. The van der Waals surface area contributed by atoms with Gasteiger partial charge < -0.3 is 10.1 Å². The summed E-state index contributed by atoms with van der Waals surface area (Å²) in [6.07, 6.45) is 1.36. The molecule has 0 aliphatic heterocycles. The van der Waals surface area contributed by atoms with E-state index < -0.39 is 19.3 Å². The van der Waals surface area contributed by atoms with E-state index >= 15 is 0 Å². The number of carbonyl (C=O) groups is 1. The van der Waals surface area contributed by atoms with Crippen molar-refractivity contribution in [3.63, 3.8) is 0 Å². The van der Waals surface area contributed by atoms with Crippen LogP contribution in [0.25, 0.3) is 11.4 Å². The van der Waals surface area contributed by atoms with E-state index in [0.717, 1.165) is 11.6 Å². The number of nitrogens with zero attached hydrogens (tertiary/aromatic N) is 4. The van der Waals surface area contributed by atoms with E-state index in [1.807, 2.05) is 12.1 Å². The Bertz CT molecular complexity index is 1210. The smallest absolute Gasteiger partial charge is 0.235 e. The zero-order chi connectivity index (χ0) is 24.5. The van der Waals surface area contributed by atoms with Gasteiger partial charge in [0.25, 0.3) is 0 Å². The van der Waals surface area contributed by atoms with Crippen molar-refractivity contribution in [3.8, 4) is 11.4 Å². The summed E-state index contributed by atoms with van der Waals surface area (Å²) in [7, 11) is -1.22. The third-order valence-corrected chi connectivity index (χ3v) is 8.44. The van der Waals surface area contributed by atoms with Crippen molar-refractivity contribution in [2.24, 2.45) is 0 Å². The largest absolute Gasteiger partial charge is 0.359 e. The quantitative estimate of drug-likeness (QED) is 0.258. The summed E-state index contributed by atoms with van der Waals surface area (Å²) in [4.78, 5) is 13.2. The fourth-order valence-electron chi connectivity index (χ4n) is 3.63. The maximum Gasteiger partial charge on any atom is 0.235 e. The monoisotopic (exact) mass is 565 g/mol. The highest BCUT2D eigenvalue weighted by Crippen LogP contribution is 2.49. The average Bonchev–Trinajstić information content (AvgIpc) is 3.45. The fraction of sp³-hybridized carbons (Fsp3) is 0.391. The van der Waals surface area contributed by atoms with Crippen molar-refractivity contribution in [2.45, 2.75) is 50.7 Å². The van der Waals surface area contributed by atoms with Crippen molar-refractivity contribution < 1.29 is 13.9 Å². The van der Waals surface area contributed by atoms with E-state index in [2.05, 4.69) is 56.4 Å². The van der Waals surface area contributed by atoms with Gasteiger partial charge in [0.1, 0.15) is 12.5 Å². The van der Waals surface area contributed by atoms with Crippen molar-refractivity contribution in [1.82, 2.24) is 20.2 Å². The molecule has 1 amide bonds. The van der Waals surface area contributed by atoms with Crippen LogP contribution in [0.4, 0.5) is 10.1 Å². The molecule has 1 aliphatic rings. The molecule has 0 bridgehead atoms. The molecule has 0 atom stereocenters. The van der Waals surface area contributed by atoms with Crippen LogP contribution in [0, 0.1) is 5.82 Å². The lowest BCUT2D eigenvalue weighted by Gasteiger charge is -2.17. The Kier molecular flexibility index (Phi) is 7.23. The number of ether oxygens (including phenoxy) is 1. The molecule has 7 nitrogen and oxygen atoms in total. The van der Waals surface area contributed by atoms with Crippen molar-refractivity contribution >= 4 is 47.2 Å². The number of anilines is 1. The van der Waals surface area contributed by atoms with E-state index in [9.17, 15) is 9.18 Å². The molecule has 0 unspecified atom stereocenters. The summed E-state index contributed by atoms with van der Waals surface area (Å²) in [5.41, 5.74) is 0.736. The van der Waals surface area contributed by atoms with Gasteiger partial charge in [0, 0.05) is 29.7 Å². The summed E-state index contributed by atoms with van der Waals surface area (Å²) >= 11 is 9.52. The van der Waals surface area contributed by atoms with Gasteiger partial charge in [-0.2, -0.15) is 4.68 Å². The first-order valence-electron chi connectivity index (χ1n) is 11.0. The standard InChI is InChI=1S/C23H26BrClFN5O2Si/c1-34(2,3)10-9-33-14-31-21(28-29-30-31)17-12-20(19(26)13-18(17)24)27-22(32)23(7-8-23)15-5-4-6-16(25)11-15/h4-6,11-13H,7-10,14H2,1-3H3,(H,27,32). The molecule has 0 spiro atoms. The maximum atomic E-state index is 14.8. The Morgan fingerprint density at radius 1 is 1.29 bits per heavy atom. The summed E-state index contributed by atoms with van der Waals surface area (Å²) in [6, 6.07) is 11.1. The molecule has 1 N–H and O–H groups in total. The first-order chi connectivity index (χ1) is 16.1. The molecule has 3 aromatic rings. The second-order valence-corrected chi connectivity index (χ2v) is 16.6. The number of tetrazole rings is 1. The number of benzene rings is 2. The highest BCUT2D eigenvalue weighted by molar-refractivity contribution is 9.10. The number of amides is 1. The summed E-state index contributed by atoms with van der Waals surface area (Å²) in [5, 5.41) is 15.2. The topological polar surface area (TPSA) is 81.9 Å². The lowest BCUT2D eigenvalue weighted by atomic mass is 9.95. The normalized spacial score (nSPS) is 14.8. The summed E-state index contributed by atoms with van der Waals surface area (Å²) in [6.45, 7) is 7.63. The van der Waals surface area contributed by atoms with Gasteiger partial charge in [-0.25, -0.2) is 4.39 Å². The third kappa shape index (κ3) is 5.56. The third-order valence-electron chi connectivity index (χ3n) is 5.85. The molecule has 4 rings (SSSR count). The minimum atomic E-state index is -1.22. The van der Waals surface area contributed by atoms with E-state index in [1.165, 1.54) is 16.8 Å². The minimum Gasteiger partial charge on any atom is -0.359 e. The molecule has 1 heterocycles. The van der Waals surface area contributed by atoms with E-state index in [-0.39, 0.29) is 18.3 Å². The predicted molar refractivity (Wildman–Crippen MR) is 136 cm³/mol. The van der Waals surface area contributed by atoms with Gasteiger partial charge in [0.05, 0.1) is 11.1 Å². The van der Waals surface area contributed by atoms with Crippen LogP contribution in [-0.4, -0.2) is 40.8 Å². The molecule has 1 saturated carbocycles. The van der Waals surface area contributed by atoms with Gasteiger partial charge in [0.2, 0.25) is 5.91 Å². The van der Waals surface area contributed by atoms with Crippen LogP contribution in [0.5, 0.6) is 0 Å². The Hall–Kier alpha value is -2.14. The van der Waals surface area contributed by atoms with Gasteiger partial charge in [0.15, 0.2) is 5.82 Å². The number of halogens is 3. The zero-order valence-corrected chi connectivity index (χ0v) is 22.6. The average molecular weight is 567 g/mol. The maximum absolute atomic E-state index is 14.8. The van der Waals surface area contributed by atoms with Crippen LogP contribution >= 0.6 is 27.5 Å². The van der Waals surface area contributed by atoms with E-state index in [0.29, 0.717) is 40.3 Å². The van der Waals surface area contributed by atoms with E-state index in [4.69, 9.17) is 16.3 Å². The Morgan fingerprint density at radius 2 is 2.06 bits per heavy atom. The second kappa shape index (κ2) is 9.85. The molecule has 1 aliphatic carbocycles. The van der Waals surface area contributed by atoms with Gasteiger partial charge in [-0.1, -0.05) is 43.4 Å². The lowest BCUT2D eigenvalue weighted by molar-refractivity contribution is -0.118. The van der Waals surface area contributed by atoms with Gasteiger partial charge >= 0.3 is 0 Å². The zero-order valence-electron chi connectivity index (χ0n) is 19.2. The second-order valence-electron chi connectivity index (χ2n) is 9.71. The van der Waals surface area contributed by atoms with Crippen molar-refractivity contribution in [3.05, 3.63) is 57.3 Å².